The van der Waals surface area contributed by atoms with E-state index in [0.717, 1.165) is 10.0 Å². The number of hydrogen-bond acceptors (Lipinski definition) is 8. The van der Waals surface area contributed by atoms with E-state index in [0.29, 0.717) is 23.5 Å². The van der Waals surface area contributed by atoms with Crippen LogP contribution in [0.1, 0.15) is 11.8 Å². The van der Waals surface area contributed by atoms with Gasteiger partial charge in [0.25, 0.3) is 0 Å². The minimum atomic E-state index is -1.20. The maximum atomic E-state index is 10.2. The van der Waals surface area contributed by atoms with E-state index in [2.05, 4.69) is 36.2 Å². The number of nitrogens with zero attached hydrogens (tertiary/aromatic N) is 4. The topological polar surface area (TPSA) is 126 Å². The smallest absolute Gasteiger partial charge is 0.167 e. The molecule has 10 heteroatoms. The highest BCUT2D eigenvalue weighted by Gasteiger charge is 2.44. The number of anilines is 1. The summed E-state index contributed by atoms with van der Waals surface area (Å²) in [5.41, 5.74) is 2.05. The molecule has 1 aromatic carbocycles. The molecule has 1 aliphatic rings. The third-order valence-electron chi connectivity index (χ3n) is 4.52. The molecule has 0 spiro atoms. The van der Waals surface area contributed by atoms with Crippen LogP contribution in [0.3, 0.4) is 0 Å². The Morgan fingerprint density at radius 1 is 1.11 bits per heavy atom. The third-order valence-corrected chi connectivity index (χ3v) is 5.05. The molecule has 4 atom stereocenters. The number of imidazole rings is 1. The number of halogens is 1. The van der Waals surface area contributed by atoms with E-state index in [4.69, 9.17) is 4.74 Å². The van der Waals surface area contributed by atoms with Crippen LogP contribution < -0.4 is 5.32 Å². The molecule has 0 aliphatic carbocycles. The molecule has 4 N–H and O–H groups in total. The molecule has 1 aliphatic heterocycles. The monoisotopic (exact) mass is 435 g/mol. The predicted octanol–water partition coefficient (Wildman–Crippen LogP) is 0.812. The van der Waals surface area contributed by atoms with Gasteiger partial charge in [-0.05, 0) is 17.7 Å². The molecule has 0 amide bonds. The molecule has 1 saturated heterocycles. The first kappa shape index (κ1) is 18.3. The van der Waals surface area contributed by atoms with Crippen LogP contribution >= 0.6 is 15.9 Å². The van der Waals surface area contributed by atoms with E-state index >= 15 is 0 Å². The van der Waals surface area contributed by atoms with Gasteiger partial charge < -0.3 is 25.4 Å². The quantitative estimate of drug-likeness (QED) is 0.463. The Labute approximate surface area is 162 Å². The fourth-order valence-electron chi connectivity index (χ4n) is 3.07. The fraction of sp³-hybridized carbons (Fsp3) is 0.353. The van der Waals surface area contributed by atoms with E-state index in [1.807, 2.05) is 24.3 Å². The van der Waals surface area contributed by atoms with Gasteiger partial charge in [-0.15, -0.1) is 0 Å². The normalized spacial score (nSPS) is 25.2. The summed E-state index contributed by atoms with van der Waals surface area (Å²) in [4.78, 5) is 12.8. The van der Waals surface area contributed by atoms with Crippen molar-refractivity contribution >= 4 is 32.9 Å². The van der Waals surface area contributed by atoms with Crippen molar-refractivity contribution in [2.24, 2.45) is 0 Å². The Bertz CT molecular complexity index is 935. The van der Waals surface area contributed by atoms with Crippen LogP contribution in [0.2, 0.25) is 0 Å². The molecule has 9 nitrogen and oxygen atoms in total. The van der Waals surface area contributed by atoms with Crippen LogP contribution in [0.25, 0.3) is 11.2 Å². The lowest BCUT2D eigenvalue weighted by atomic mass is 10.1. The van der Waals surface area contributed by atoms with Gasteiger partial charge in [0.15, 0.2) is 23.2 Å². The van der Waals surface area contributed by atoms with Crippen molar-refractivity contribution in [3.05, 3.63) is 47.0 Å². The number of hydrogen-bond donors (Lipinski definition) is 4. The van der Waals surface area contributed by atoms with Crippen LogP contribution in [0.15, 0.2) is 41.4 Å². The molecule has 142 valence electrons. The van der Waals surface area contributed by atoms with Crippen LogP contribution in [-0.2, 0) is 11.3 Å². The highest BCUT2D eigenvalue weighted by molar-refractivity contribution is 9.10. The molecular weight excluding hydrogens is 418 g/mol. The van der Waals surface area contributed by atoms with Crippen LogP contribution in [0.5, 0.6) is 0 Å². The van der Waals surface area contributed by atoms with Crippen molar-refractivity contribution in [1.82, 2.24) is 19.5 Å². The number of rotatable bonds is 5. The standard InChI is InChI=1S/C17H18BrN5O4/c18-10-3-1-9(2-4-10)5-19-15-12-16(21-7-20-15)23(8-22-12)17-14(26)13(25)11(6-24)27-17/h1-4,7-8,11,13-14,17,24-26H,5-6H2,(H,19,20,21)/t11-,13?,14?,17-/m1/s1. The minimum absolute atomic E-state index is 0.393. The second-order valence-electron chi connectivity index (χ2n) is 6.26. The van der Waals surface area contributed by atoms with E-state index in [1.165, 1.54) is 17.2 Å². The first-order valence-electron chi connectivity index (χ1n) is 8.37. The Hall–Kier alpha value is -2.11. The zero-order valence-corrected chi connectivity index (χ0v) is 15.7. The van der Waals surface area contributed by atoms with Gasteiger partial charge in [0.05, 0.1) is 12.9 Å². The summed E-state index contributed by atoms with van der Waals surface area (Å²) in [5, 5.41) is 32.7. The van der Waals surface area contributed by atoms with Crippen molar-refractivity contribution < 1.29 is 20.1 Å². The van der Waals surface area contributed by atoms with Crippen molar-refractivity contribution in [1.29, 1.82) is 0 Å². The van der Waals surface area contributed by atoms with Crippen molar-refractivity contribution in [3.63, 3.8) is 0 Å². The average molecular weight is 436 g/mol. The van der Waals surface area contributed by atoms with Gasteiger partial charge in [-0.1, -0.05) is 28.1 Å². The van der Waals surface area contributed by atoms with Gasteiger partial charge in [-0.3, -0.25) is 4.57 Å². The fourth-order valence-corrected chi connectivity index (χ4v) is 3.33. The van der Waals surface area contributed by atoms with Gasteiger partial charge in [0.1, 0.15) is 24.6 Å². The molecule has 0 radical (unpaired) electrons. The van der Waals surface area contributed by atoms with Crippen LogP contribution in [0, 0.1) is 0 Å². The van der Waals surface area contributed by atoms with Gasteiger partial charge >= 0.3 is 0 Å². The lowest BCUT2D eigenvalue weighted by Gasteiger charge is -2.16. The maximum Gasteiger partial charge on any atom is 0.167 e. The number of benzene rings is 1. The van der Waals surface area contributed by atoms with E-state index < -0.39 is 31.1 Å². The molecule has 1 fully saturated rings. The number of fused-ring (bicyclic) bond motifs is 1. The minimum Gasteiger partial charge on any atom is -0.394 e. The second kappa shape index (κ2) is 7.49. The van der Waals surface area contributed by atoms with Crippen molar-refractivity contribution in [2.75, 3.05) is 11.9 Å². The molecular formula is C17H18BrN5O4. The average Bonchev–Trinajstić information content (AvgIpc) is 3.23. The molecule has 3 aromatic rings. The first-order valence-corrected chi connectivity index (χ1v) is 9.16. The summed E-state index contributed by atoms with van der Waals surface area (Å²) in [6.07, 6.45) is -1.27. The zero-order valence-electron chi connectivity index (χ0n) is 14.1. The van der Waals surface area contributed by atoms with Gasteiger partial charge in [-0.25, -0.2) is 15.0 Å². The summed E-state index contributed by atoms with van der Waals surface area (Å²) in [5.74, 6) is 0.549. The maximum absolute atomic E-state index is 10.2. The lowest BCUT2D eigenvalue weighted by Crippen LogP contribution is -2.33. The number of nitrogens with one attached hydrogen (secondary N) is 1. The summed E-state index contributed by atoms with van der Waals surface area (Å²) >= 11 is 3.41. The summed E-state index contributed by atoms with van der Waals surface area (Å²) in [6.45, 7) is 0.163. The van der Waals surface area contributed by atoms with E-state index in [-0.39, 0.29) is 0 Å². The zero-order chi connectivity index (χ0) is 19.0. The number of ether oxygens (including phenoxy) is 1. The second-order valence-corrected chi connectivity index (χ2v) is 7.17. The number of aromatic nitrogens is 4. The Morgan fingerprint density at radius 2 is 1.89 bits per heavy atom. The molecule has 0 saturated carbocycles. The molecule has 27 heavy (non-hydrogen) atoms. The largest absolute Gasteiger partial charge is 0.394 e. The Morgan fingerprint density at radius 3 is 2.59 bits per heavy atom. The van der Waals surface area contributed by atoms with Crippen molar-refractivity contribution in [2.45, 2.75) is 31.1 Å². The lowest BCUT2D eigenvalue weighted by molar-refractivity contribution is -0.0511. The van der Waals surface area contributed by atoms with Gasteiger partial charge in [0.2, 0.25) is 0 Å². The van der Waals surface area contributed by atoms with Crippen molar-refractivity contribution in [3.8, 4) is 0 Å². The SMILES string of the molecule is OC[C@H]1O[C@@H](n2cnc3c(NCc4ccc(Br)cc4)ncnc32)C(O)C1O. The Kier molecular flexibility index (Phi) is 5.06. The Balaban J connectivity index is 1.59. The molecule has 4 rings (SSSR count). The summed E-state index contributed by atoms with van der Waals surface area (Å²) in [6, 6.07) is 7.91. The summed E-state index contributed by atoms with van der Waals surface area (Å²) in [7, 11) is 0. The molecule has 0 bridgehead atoms. The third kappa shape index (κ3) is 3.42. The van der Waals surface area contributed by atoms with Gasteiger partial charge in [-0.2, -0.15) is 0 Å². The number of aliphatic hydroxyl groups is 3. The molecule has 3 heterocycles. The van der Waals surface area contributed by atoms with Crippen LogP contribution in [0.4, 0.5) is 5.82 Å². The summed E-state index contributed by atoms with van der Waals surface area (Å²) < 4.78 is 8.10. The molecule has 2 aromatic heterocycles. The first-order chi connectivity index (χ1) is 13.1. The van der Waals surface area contributed by atoms with E-state index in [9.17, 15) is 15.3 Å². The van der Waals surface area contributed by atoms with Gasteiger partial charge in [0, 0.05) is 11.0 Å². The number of aliphatic hydroxyl groups excluding tert-OH is 3. The van der Waals surface area contributed by atoms with Crippen LogP contribution in [-0.4, -0.2) is 59.8 Å². The predicted molar refractivity (Wildman–Crippen MR) is 99.8 cm³/mol. The highest BCUT2D eigenvalue weighted by atomic mass is 79.9. The molecule has 2 unspecified atom stereocenters. The van der Waals surface area contributed by atoms with E-state index in [1.54, 1.807) is 0 Å². The highest BCUT2D eigenvalue weighted by Crippen LogP contribution is 2.32.